The van der Waals surface area contributed by atoms with E-state index in [9.17, 15) is 14.4 Å². The molecule has 0 saturated carbocycles. The number of rotatable bonds is 10. The highest BCUT2D eigenvalue weighted by Crippen LogP contribution is 2.32. The average Bonchev–Trinajstić information content (AvgIpc) is 2.95. The van der Waals surface area contributed by atoms with Crippen molar-refractivity contribution in [3.8, 4) is 17.6 Å². The number of carbonyl (C=O) groups is 1. The first-order valence-corrected chi connectivity index (χ1v) is 12.7. The minimum absolute atomic E-state index is 0.111. The molecule has 0 aliphatic rings. The lowest BCUT2D eigenvalue weighted by molar-refractivity contribution is -0.112. The third-order valence-electron chi connectivity index (χ3n) is 5.84. The summed E-state index contributed by atoms with van der Waals surface area (Å²) in [4.78, 5) is 12.8. The lowest BCUT2D eigenvalue weighted by atomic mass is 10.0. The molecular formula is C32H26ClFN2O3. The van der Waals surface area contributed by atoms with Crippen molar-refractivity contribution in [3.05, 3.63) is 130 Å². The van der Waals surface area contributed by atoms with Crippen LogP contribution in [0.1, 0.15) is 29.2 Å². The van der Waals surface area contributed by atoms with Crippen LogP contribution in [0, 0.1) is 17.1 Å². The van der Waals surface area contributed by atoms with Crippen LogP contribution in [0.2, 0.25) is 5.02 Å². The molecule has 0 aromatic heterocycles. The van der Waals surface area contributed by atoms with Crippen LogP contribution in [0.15, 0.2) is 96.6 Å². The molecule has 0 bridgehead atoms. The maximum atomic E-state index is 14.2. The van der Waals surface area contributed by atoms with Crippen LogP contribution in [-0.4, -0.2) is 12.5 Å². The molecule has 1 amide bonds. The van der Waals surface area contributed by atoms with Gasteiger partial charge < -0.3 is 14.8 Å². The zero-order valence-electron chi connectivity index (χ0n) is 21.3. The van der Waals surface area contributed by atoms with Crippen LogP contribution >= 0.6 is 11.6 Å². The summed E-state index contributed by atoms with van der Waals surface area (Å²) < 4.78 is 25.8. The highest BCUT2D eigenvalue weighted by Gasteiger charge is 2.15. The second kappa shape index (κ2) is 13.3. The molecule has 0 saturated heterocycles. The second-order valence-electron chi connectivity index (χ2n) is 8.60. The molecule has 1 N–H and O–H groups in total. The predicted molar refractivity (Wildman–Crippen MR) is 151 cm³/mol. The standard InChI is InChI=1S/C32H26ClFN2O3/c1-2-38-31-18-23(17-29(33)28(31)19-24-10-6-7-11-30(24)34)16-25(20-35)32(37)36-26-12-14-27(15-13-26)39-21-22-8-4-3-5-9-22/h3-18H,2,19,21H2,1H3,(H,36,37)/b25-16+. The maximum absolute atomic E-state index is 14.2. The molecule has 4 aromatic carbocycles. The van der Waals surface area contributed by atoms with E-state index in [-0.39, 0.29) is 17.8 Å². The van der Waals surface area contributed by atoms with Crippen molar-refractivity contribution in [2.45, 2.75) is 20.0 Å². The van der Waals surface area contributed by atoms with Crippen molar-refractivity contribution in [1.29, 1.82) is 5.26 Å². The van der Waals surface area contributed by atoms with Crippen LogP contribution in [0.25, 0.3) is 6.08 Å². The van der Waals surface area contributed by atoms with Gasteiger partial charge in [-0.15, -0.1) is 0 Å². The Morgan fingerprint density at radius 2 is 1.72 bits per heavy atom. The SMILES string of the molecule is CCOc1cc(/C=C(\C#N)C(=O)Nc2ccc(OCc3ccccc3)cc2)cc(Cl)c1Cc1ccccc1F. The number of anilines is 1. The Morgan fingerprint density at radius 1 is 1.00 bits per heavy atom. The Balaban J connectivity index is 1.48. The van der Waals surface area contributed by atoms with Gasteiger partial charge in [0.25, 0.3) is 5.91 Å². The molecular weight excluding hydrogens is 515 g/mol. The van der Waals surface area contributed by atoms with E-state index >= 15 is 0 Å². The lowest BCUT2D eigenvalue weighted by Gasteiger charge is -2.14. The number of nitrogens with zero attached hydrogens (tertiary/aromatic N) is 1. The number of halogens is 2. The number of nitrogens with one attached hydrogen (secondary N) is 1. The lowest BCUT2D eigenvalue weighted by Crippen LogP contribution is -2.13. The van der Waals surface area contributed by atoms with Gasteiger partial charge in [-0.1, -0.05) is 60.1 Å². The third-order valence-corrected chi connectivity index (χ3v) is 6.18. The summed E-state index contributed by atoms with van der Waals surface area (Å²) in [5.74, 6) is 0.212. The van der Waals surface area contributed by atoms with Gasteiger partial charge in [-0.2, -0.15) is 5.26 Å². The Bertz CT molecular complexity index is 1510. The fourth-order valence-corrected chi connectivity index (χ4v) is 4.18. The van der Waals surface area contributed by atoms with E-state index in [1.807, 2.05) is 43.3 Å². The quantitative estimate of drug-likeness (QED) is 0.166. The monoisotopic (exact) mass is 540 g/mol. The maximum Gasteiger partial charge on any atom is 0.266 e. The van der Waals surface area contributed by atoms with E-state index in [0.717, 1.165) is 5.56 Å². The van der Waals surface area contributed by atoms with Gasteiger partial charge in [-0.05, 0) is 72.2 Å². The molecule has 0 heterocycles. The van der Waals surface area contributed by atoms with Gasteiger partial charge in [0.1, 0.15) is 35.6 Å². The van der Waals surface area contributed by atoms with Gasteiger partial charge in [-0.3, -0.25) is 4.79 Å². The number of hydrogen-bond acceptors (Lipinski definition) is 4. The number of benzene rings is 4. The molecule has 0 aliphatic heterocycles. The van der Waals surface area contributed by atoms with Crippen molar-refractivity contribution in [3.63, 3.8) is 0 Å². The van der Waals surface area contributed by atoms with E-state index in [1.54, 1.807) is 54.6 Å². The molecule has 0 unspecified atom stereocenters. The summed E-state index contributed by atoms with van der Waals surface area (Å²) in [5, 5.41) is 12.7. The molecule has 0 aliphatic carbocycles. The van der Waals surface area contributed by atoms with Crippen LogP contribution in [-0.2, 0) is 17.8 Å². The Labute approximate surface area is 232 Å². The molecule has 4 rings (SSSR count). The topological polar surface area (TPSA) is 71.3 Å². The molecule has 4 aromatic rings. The van der Waals surface area contributed by atoms with E-state index in [4.69, 9.17) is 21.1 Å². The number of nitriles is 1. The molecule has 0 spiro atoms. The normalized spacial score (nSPS) is 11.0. The molecule has 39 heavy (non-hydrogen) atoms. The van der Waals surface area contributed by atoms with Gasteiger partial charge in [0.05, 0.1) is 6.61 Å². The third kappa shape index (κ3) is 7.47. The average molecular weight is 541 g/mol. The van der Waals surface area contributed by atoms with Crippen LogP contribution in [0.3, 0.4) is 0 Å². The number of ether oxygens (including phenoxy) is 2. The molecule has 0 fully saturated rings. The van der Waals surface area contributed by atoms with Crippen molar-refractivity contribution in [2.75, 3.05) is 11.9 Å². The Hall–Kier alpha value is -4.60. The summed E-state index contributed by atoms with van der Waals surface area (Å²) in [6.45, 7) is 2.62. The summed E-state index contributed by atoms with van der Waals surface area (Å²) in [6, 6.07) is 28.4. The molecule has 196 valence electrons. The number of amides is 1. The summed E-state index contributed by atoms with van der Waals surface area (Å²) in [7, 11) is 0. The van der Waals surface area contributed by atoms with Crippen molar-refractivity contribution in [2.24, 2.45) is 0 Å². The minimum atomic E-state index is -0.569. The van der Waals surface area contributed by atoms with Gasteiger partial charge in [0.15, 0.2) is 0 Å². The van der Waals surface area contributed by atoms with Crippen LogP contribution in [0.5, 0.6) is 11.5 Å². The molecule has 0 atom stereocenters. The summed E-state index contributed by atoms with van der Waals surface area (Å²) >= 11 is 6.56. The fraction of sp³-hybridized carbons (Fsp3) is 0.125. The van der Waals surface area contributed by atoms with Crippen LogP contribution < -0.4 is 14.8 Å². The first kappa shape index (κ1) is 27.4. The highest BCUT2D eigenvalue weighted by atomic mass is 35.5. The highest BCUT2D eigenvalue weighted by molar-refractivity contribution is 6.31. The zero-order valence-corrected chi connectivity index (χ0v) is 22.0. The van der Waals surface area contributed by atoms with Gasteiger partial charge in [-0.25, -0.2) is 4.39 Å². The van der Waals surface area contributed by atoms with Gasteiger partial charge in [0, 0.05) is 22.7 Å². The second-order valence-corrected chi connectivity index (χ2v) is 9.01. The molecule has 0 radical (unpaired) electrons. The van der Waals surface area contributed by atoms with E-state index in [1.165, 1.54) is 12.1 Å². The van der Waals surface area contributed by atoms with E-state index < -0.39 is 5.91 Å². The van der Waals surface area contributed by atoms with Crippen molar-refractivity contribution < 1.29 is 18.7 Å². The number of carbonyl (C=O) groups excluding carboxylic acids is 1. The smallest absolute Gasteiger partial charge is 0.266 e. The van der Waals surface area contributed by atoms with Crippen molar-refractivity contribution >= 4 is 29.3 Å². The van der Waals surface area contributed by atoms with Crippen molar-refractivity contribution in [1.82, 2.24) is 0 Å². The number of hydrogen-bond donors (Lipinski definition) is 1. The van der Waals surface area contributed by atoms with Crippen LogP contribution in [0.4, 0.5) is 10.1 Å². The first-order chi connectivity index (χ1) is 19.0. The van der Waals surface area contributed by atoms with E-state index in [0.29, 0.717) is 52.1 Å². The minimum Gasteiger partial charge on any atom is -0.494 e. The first-order valence-electron chi connectivity index (χ1n) is 12.4. The molecule has 7 heteroatoms. The largest absolute Gasteiger partial charge is 0.494 e. The molecule has 5 nitrogen and oxygen atoms in total. The van der Waals surface area contributed by atoms with E-state index in [2.05, 4.69) is 5.32 Å². The van der Waals surface area contributed by atoms with Gasteiger partial charge in [0.2, 0.25) is 0 Å². The Kier molecular flexibility index (Phi) is 9.34. The zero-order chi connectivity index (χ0) is 27.6. The Morgan fingerprint density at radius 3 is 2.41 bits per heavy atom. The summed E-state index contributed by atoms with van der Waals surface area (Å²) in [5.41, 5.74) is 3.07. The predicted octanol–water partition coefficient (Wildman–Crippen LogP) is 7.59. The van der Waals surface area contributed by atoms with Gasteiger partial charge >= 0.3 is 0 Å². The summed E-state index contributed by atoms with van der Waals surface area (Å²) in [6.07, 6.45) is 1.68. The fourth-order valence-electron chi connectivity index (χ4n) is 3.89.